The molecular formula is C39H41N5O8S3. The van der Waals surface area contributed by atoms with Gasteiger partial charge in [0.25, 0.3) is 0 Å². The van der Waals surface area contributed by atoms with E-state index >= 15 is 0 Å². The van der Waals surface area contributed by atoms with E-state index < -0.39 is 20.0 Å². The lowest BCUT2D eigenvalue weighted by Gasteiger charge is -2.40. The standard InChI is InChI=1S/C21H21N3O4S.C18H20N2O4S2/c1-15-4-2-6-17-14-28-21(25)24(20(15)17)18-8-10-23(11-9-18)29(26,27)19-7-3-5-16(12-19)13-22;1-13-3-2-4-14-11-24-18(21)20(17(13)14)15-5-8-19(9-6-15)26(22,23)16-7-10-25-12-16/h2-7,12,18H,8-11,14H2,1H3;2-4,7,10,12,15H,5-6,8-9,11H2,1H3. The number of amides is 2. The molecule has 2 fully saturated rings. The van der Waals surface area contributed by atoms with Crippen LogP contribution in [0.25, 0.3) is 0 Å². The number of carbonyl (C=O) groups excluding carboxylic acids is 2. The van der Waals surface area contributed by atoms with Crippen molar-refractivity contribution in [1.29, 1.82) is 5.26 Å². The van der Waals surface area contributed by atoms with Gasteiger partial charge in [0.05, 0.1) is 32.8 Å². The van der Waals surface area contributed by atoms with Gasteiger partial charge in [-0.2, -0.15) is 25.2 Å². The molecule has 13 nitrogen and oxygen atoms in total. The Kier molecular flexibility index (Phi) is 11.0. The predicted molar refractivity (Wildman–Crippen MR) is 207 cm³/mol. The van der Waals surface area contributed by atoms with Gasteiger partial charge < -0.3 is 9.47 Å². The number of nitriles is 1. The van der Waals surface area contributed by atoms with E-state index in [1.54, 1.807) is 38.8 Å². The topological polar surface area (TPSA) is 158 Å². The lowest BCUT2D eigenvalue weighted by Crippen LogP contribution is -2.50. The van der Waals surface area contributed by atoms with Crippen molar-refractivity contribution >= 4 is 54.9 Å². The number of para-hydroxylation sites is 2. The van der Waals surface area contributed by atoms with Crippen LogP contribution in [0.2, 0.25) is 0 Å². The van der Waals surface area contributed by atoms with Crippen molar-refractivity contribution in [3.05, 3.63) is 105 Å². The third-order valence-electron chi connectivity index (χ3n) is 10.5. The minimum Gasteiger partial charge on any atom is -0.444 e. The summed E-state index contributed by atoms with van der Waals surface area (Å²) in [6, 6.07) is 21.2. The average molecular weight is 804 g/mol. The van der Waals surface area contributed by atoms with Crippen molar-refractivity contribution in [1.82, 2.24) is 8.61 Å². The molecule has 0 atom stereocenters. The highest BCUT2D eigenvalue weighted by atomic mass is 32.2. The SMILES string of the molecule is Cc1cccc2c1N(C1CCN(S(=O)(=O)c3cccc(C#N)c3)CC1)C(=O)OC2.Cc1cccc2c1N(C1CCN(S(=O)(=O)c3ccsc3)CC1)C(=O)OC2. The number of cyclic esters (lactones) is 2. The zero-order chi connectivity index (χ0) is 38.9. The van der Waals surface area contributed by atoms with Crippen LogP contribution in [0.1, 0.15) is 53.5 Å². The summed E-state index contributed by atoms with van der Waals surface area (Å²) >= 11 is 1.37. The highest BCUT2D eigenvalue weighted by Gasteiger charge is 2.39. The molecule has 8 rings (SSSR count). The molecule has 0 radical (unpaired) electrons. The summed E-state index contributed by atoms with van der Waals surface area (Å²) in [5.74, 6) is 0. The Labute approximate surface area is 325 Å². The normalized spacial score (nSPS) is 18.6. The monoisotopic (exact) mass is 803 g/mol. The van der Waals surface area contributed by atoms with Gasteiger partial charge in [-0.25, -0.2) is 26.4 Å². The smallest absolute Gasteiger partial charge is 0.414 e. The number of thiophene rings is 1. The maximum atomic E-state index is 13.0. The second kappa shape index (κ2) is 15.8. The average Bonchev–Trinajstić information content (AvgIpc) is 3.76. The Bertz CT molecular complexity index is 2350. The number of ether oxygens (including phenoxy) is 2. The van der Waals surface area contributed by atoms with Crippen molar-refractivity contribution in [2.24, 2.45) is 0 Å². The summed E-state index contributed by atoms with van der Waals surface area (Å²) in [6.07, 6.45) is 1.49. The number of hydrogen-bond acceptors (Lipinski definition) is 10. The Balaban J connectivity index is 0.000000170. The van der Waals surface area contributed by atoms with Crippen molar-refractivity contribution in [3.63, 3.8) is 0 Å². The third-order valence-corrected chi connectivity index (χ3v) is 15.2. The first-order valence-electron chi connectivity index (χ1n) is 18.0. The number of aryl methyl sites for hydroxylation is 2. The third kappa shape index (κ3) is 7.59. The maximum Gasteiger partial charge on any atom is 0.414 e. The second-order valence-electron chi connectivity index (χ2n) is 13.9. The zero-order valence-electron chi connectivity index (χ0n) is 30.5. The summed E-state index contributed by atoms with van der Waals surface area (Å²) in [6.45, 7) is 5.89. The summed E-state index contributed by atoms with van der Waals surface area (Å²) in [5, 5.41) is 12.5. The number of rotatable bonds is 6. The highest BCUT2D eigenvalue weighted by molar-refractivity contribution is 7.89. The molecule has 0 spiro atoms. The number of piperidine rings is 2. The number of anilines is 2. The van der Waals surface area contributed by atoms with Crippen molar-refractivity contribution in [2.75, 3.05) is 36.0 Å². The van der Waals surface area contributed by atoms with Gasteiger partial charge in [0.2, 0.25) is 20.0 Å². The van der Waals surface area contributed by atoms with Crippen LogP contribution in [0.5, 0.6) is 0 Å². The van der Waals surface area contributed by atoms with Gasteiger partial charge in [-0.15, -0.1) is 0 Å². The molecule has 4 aliphatic heterocycles. The van der Waals surface area contributed by atoms with Crippen molar-refractivity contribution in [3.8, 4) is 6.07 Å². The van der Waals surface area contributed by atoms with Crippen LogP contribution in [0, 0.1) is 25.2 Å². The van der Waals surface area contributed by atoms with Gasteiger partial charge in [-0.1, -0.05) is 42.5 Å². The van der Waals surface area contributed by atoms with E-state index in [9.17, 15) is 26.4 Å². The summed E-state index contributed by atoms with van der Waals surface area (Å²) < 4.78 is 64.9. The molecule has 288 valence electrons. The van der Waals surface area contributed by atoms with E-state index in [0.717, 1.165) is 33.6 Å². The van der Waals surface area contributed by atoms with Crippen LogP contribution in [0.15, 0.2) is 87.3 Å². The van der Waals surface area contributed by atoms with Gasteiger partial charge in [0, 0.05) is 54.8 Å². The molecule has 0 bridgehead atoms. The van der Waals surface area contributed by atoms with Gasteiger partial charge in [-0.3, -0.25) is 9.80 Å². The number of fused-ring (bicyclic) bond motifs is 2. The molecule has 0 N–H and O–H groups in total. The van der Waals surface area contributed by atoms with Crippen LogP contribution in [-0.4, -0.2) is 75.9 Å². The molecule has 4 aliphatic rings. The quantitative estimate of drug-likeness (QED) is 0.211. The first-order chi connectivity index (χ1) is 26.4. The number of nitrogens with zero attached hydrogens (tertiary/aromatic N) is 5. The first kappa shape index (κ1) is 38.5. The largest absolute Gasteiger partial charge is 0.444 e. The van der Waals surface area contributed by atoms with E-state index in [1.165, 1.54) is 32.1 Å². The molecule has 16 heteroatoms. The van der Waals surface area contributed by atoms with Crippen molar-refractivity contribution < 1.29 is 35.9 Å². The Morgan fingerprint density at radius 1 is 0.673 bits per heavy atom. The summed E-state index contributed by atoms with van der Waals surface area (Å²) in [5.41, 5.74) is 6.11. The lowest BCUT2D eigenvalue weighted by molar-refractivity contribution is 0.135. The van der Waals surface area contributed by atoms with Crippen LogP contribution in [0.4, 0.5) is 21.0 Å². The molecule has 4 aromatic rings. The Hall–Kier alpha value is -4.79. The highest BCUT2D eigenvalue weighted by Crippen LogP contribution is 2.37. The number of benzene rings is 3. The molecule has 2 amide bonds. The molecule has 55 heavy (non-hydrogen) atoms. The molecule has 0 unspecified atom stereocenters. The number of hydrogen-bond donors (Lipinski definition) is 0. The Morgan fingerprint density at radius 2 is 1.15 bits per heavy atom. The van der Waals surface area contributed by atoms with Gasteiger partial charge in [-0.05, 0) is 80.3 Å². The predicted octanol–water partition coefficient (Wildman–Crippen LogP) is 6.54. The van der Waals surface area contributed by atoms with Gasteiger partial charge in [0.1, 0.15) is 13.2 Å². The van der Waals surface area contributed by atoms with Crippen LogP contribution < -0.4 is 9.80 Å². The van der Waals surface area contributed by atoms with E-state index in [4.69, 9.17) is 14.7 Å². The fraction of sp³-hybridized carbons (Fsp3) is 0.359. The van der Waals surface area contributed by atoms with E-state index in [0.29, 0.717) is 62.3 Å². The molecule has 1 aromatic heterocycles. The molecule has 3 aromatic carbocycles. The van der Waals surface area contributed by atoms with Crippen LogP contribution >= 0.6 is 11.3 Å². The minimum absolute atomic E-state index is 0.0587. The van der Waals surface area contributed by atoms with Gasteiger partial charge >= 0.3 is 12.2 Å². The Morgan fingerprint density at radius 3 is 1.60 bits per heavy atom. The van der Waals surface area contributed by atoms with E-state index in [2.05, 4.69) is 0 Å². The van der Waals surface area contributed by atoms with Crippen LogP contribution in [-0.2, 0) is 42.7 Å². The first-order valence-corrected chi connectivity index (χ1v) is 21.8. The number of carbonyl (C=O) groups is 2. The summed E-state index contributed by atoms with van der Waals surface area (Å²) in [7, 11) is -7.13. The van der Waals surface area contributed by atoms with E-state index in [1.807, 2.05) is 56.3 Å². The van der Waals surface area contributed by atoms with Crippen molar-refractivity contribution in [2.45, 2.75) is 74.6 Å². The second-order valence-corrected chi connectivity index (χ2v) is 18.5. The molecular weight excluding hydrogens is 763 g/mol. The fourth-order valence-corrected chi connectivity index (χ4v) is 11.7. The molecule has 5 heterocycles. The fourth-order valence-electron chi connectivity index (χ4n) is 7.73. The minimum atomic E-state index is -3.68. The summed E-state index contributed by atoms with van der Waals surface area (Å²) in [4.78, 5) is 28.8. The molecule has 2 saturated heterocycles. The molecule has 0 saturated carbocycles. The van der Waals surface area contributed by atoms with Gasteiger partial charge in [0.15, 0.2) is 0 Å². The number of sulfonamides is 2. The van der Waals surface area contributed by atoms with Crippen LogP contribution in [0.3, 0.4) is 0 Å². The lowest BCUT2D eigenvalue weighted by atomic mass is 10.00. The molecule has 0 aliphatic carbocycles. The van der Waals surface area contributed by atoms with E-state index in [-0.39, 0.29) is 42.4 Å². The maximum absolute atomic E-state index is 13.0. The zero-order valence-corrected chi connectivity index (χ0v) is 32.9.